The molecule has 4 nitrogen and oxygen atoms in total. The average molecular weight is 240 g/mol. The molecule has 5 heteroatoms. The molecule has 2 atom stereocenters. The summed E-state index contributed by atoms with van der Waals surface area (Å²) >= 11 is 1.43. The van der Waals surface area contributed by atoms with Crippen molar-refractivity contribution in [3.63, 3.8) is 0 Å². The number of nitrogens with one attached hydrogen (secondary N) is 1. The molecule has 1 aliphatic carbocycles. The summed E-state index contributed by atoms with van der Waals surface area (Å²) < 4.78 is 0. The lowest BCUT2D eigenvalue weighted by atomic mass is 10.2. The SMILES string of the molecule is CCCC1CC1Nc1nc(C(=O)O)c(C)s1. The van der Waals surface area contributed by atoms with Gasteiger partial charge in [-0.2, -0.15) is 0 Å². The van der Waals surface area contributed by atoms with Crippen molar-refractivity contribution in [3.8, 4) is 0 Å². The highest BCUT2D eigenvalue weighted by Gasteiger charge is 2.36. The lowest BCUT2D eigenvalue weighted by Crippen LogP contribution is -2.05. The molecule has 0 bridgehead atoms. The van der Waals surface area contributed by atoms with Gasteiger partial charge >= 0.3 is 5.97 Å². The van der Waals surface area contributed by atoms with E-state index in [0.29, 0.717) is 6.04 Å². The Morgan fingerprint density at radius 1 is 1.69 bits per heavy atom. The predicted octanol–water partition coefficient (Wildman–Crippen LogP) is 2.75. The summed E-state index contributed by atoms with van der Waals surface area (Å²) in [5.41, 5.74) is 0.181. The largest absolute Gasteiger partial charge is 0.476 e. The van der Waals surface area contributed by atoms with E-state index < -0.39 is 5.97 Å². The van der Waals surface area contributed by atoms with Crippen LogP contribution in [0, 0.1) is 12.8 Å². The maximum atomic E-state index is 10.8. The van der Waals surface area contributed by atoms with Crippen molar-refractivity contribution in [2.75, 3.05) is 5.32 Å². The number of anilines is 1. The normalized spacial score (nSPS) is 23.1. The minimum Gasteiger partial charge on any atom is -0.476 e. The van der Waals surface area contributed by atoms with Crippen molar-refractivity contribution in [3.05, 3.63) is 10.6 Å². The van der Waals surface area contributed by atoms with Crippen molar-refractivity contribution in [1.82, 2.24) is 4.98 Å². The summed E-state index contributed by atoms with van der Waals surface area (Å²) in [5.74, 6) is -0.190. The second kappa shape index (κ2) is 4.41. The third-order valence-electron chi connectivity index (χ3n) is 2.89. The zero-order valence-electron chi connectivity index (χ0n) is 9.49. The highest BCUT2D eigenvalue weighted by Crippen LogP contribution is 2.38. The number of hydrogen-bond acceptors (Lipinski definition) is 4. The van der Waals surface area contributed by atoms with Gasteiger partial charge in [-0.15, -0.1) is 11.3 Å². The maximum absolute atomic E-state index is 10.8. The molecule has 0 amide bonds. The number of thiazole rings is 1. The molecular formula is C11H16N2O2S. The van der Waals surface area contributed by atoms with E-state index in [1.165, 1.54) is 30.6 Å². The van der Waals surface area contributed by atoms with Gasteiger partial charge in [0.25, 0.3) is 0 Å². The van der Waals surface area contributed by atoms with Crippen LogP contribution in [-0.2, 0) is 0 Å². The zero-order chi connectivity index (χ0) is 11.7. The topological polar surface area (TPSA) is 62.2 Å². The van der Waals surface area contributed by atoms with Crippen LogP contribution in [-0.4, -0.2) is 22.1 Å². The van der Waals surface area contributed by atoms with E-state index in [1.54, 1.807) is 6.92 Å². The number of aryl methyl sites for hydroxylation is 1. The number of carboxylic acid groups (broad SMARTS) is 1. The van der Waals surface area contributed by atoms with E-state index in [9.17, 15) is 4.79 Å². The Hall–Kier alpha value is -1.10. The molecule has 2 rings (SSSR count). The van der Waals surface area contributed by atoms with Gasteiger partial charge in [0.15, 0.2) is 10.8 Å². The summed E-state index contributed by atoms with van der Waals surface area (Å²) in [5, 5.41) is 12.9. The Morgan fingerprint density at radius 3 is 3.00 bits per heavy atom. The van der Waals surface area contributed by atoms with Gasteiger partial charge in [-0.3, -0.25) is 0 Å². The molecular weight excluding hydrogens is 224 g/mol. The van der Waals surface area contributed by atoms with E-state index in [4.69, 9.17) is 5.11 Å². The fourth-order valence-corrected chi connectivity index (χ4v) is 2.80. The van der Waals surface area contributed by atoms with Gasteiger partial charge < -0.3 is 10.4 Å². The molecule has 0 saturated heterocycles. The maximum Gasteiger partial charge on any atom is 0.355 e. The van der Waals surface area contributed by atoms with Gasteiger partial charge in [0, 0.05) is 10.9 Å². The van der Waals surface area contributed by atoms with Crippen LogP contribution in [0.3, 0.4) is 0 Å². The van der Waals surface area contributed by atoms with Crippen molar-refractivity contribution in [2.45, 2.75) is 39.2 Å². The van der Waals surface area contributed by atoms with Crippen LogP contribution in [0.1, 0.15) is 41.6 Å². The number of aromatic nitrogens is 1. The van der Waals surface area contributed by atoms with E-state index >= 15 is 0 Å². The second-order valence-electron chi connectivity index (χ2n) is 4.26. The number of nitrogens with zero attached hydrogens (tertiary/aromatic N) is 1. The molecule has 2 unspecified atom stereocenters. The number of carbonyl (C=O) groups is 1. The molecule has 1 aliphatic rings. The highest BCUT2D eigenvalue weighted by atomic mass is 32.1. The van der Waals surface area contributed by atoms with Gasteiger partial charge in [-0.25, -0.2) is 9.78 Å². The van der Waals surface area contributed by atoms with Gasteiger partial charge in [-0.1, -0.05) is 13.3 Å². The van der Waals surface area contributed by atoms with Crippen molar-refractivity contribution in [1.29, 1.82) is 0 Å². The summed E-state index contributed by atoms with van der Waals surface area (Å²) in [4.78, 5) is 15.7. The lowest BCUT2D eigenvalue weighted by Gasteiger charge is -1.99. The van der Waals surface area contributed by atoms with Crippen LogP contribution >= 0.6 is 11.3 Å². The molecule has 1 aromatic rings. The van der Waals surface area contributed by atoms with Crippen molar-refractivity contribution < 1.29 is 9.90 Å². The van der Waals surface area contributed by atoms with E-state index in [0.717, 1.165) is 15.9 Å². The number of carboxylic acids is 1. The second-order valence-corrected chi connectivity index (χ2v) is 5.47. The molecule has 1 heterocycles. The standard InChI is InChI=1S/C11H16N2O2S/c1-3-4-7-5-8(7)12-11-13-9(10(14)15)6(2)16-11/h7-8H,3-5H2,1-2H3,(H,12,13)(H,14,15). The Bertz CT molecular complexity index is 403. The monoisotopic (exact) mass is 240 g/mol. The van der Waals surface area contributed by atoms with Gasteiger partial charge in [0.05, 0.1) is 0 Å². The van der Waals surface area contributed by atoms with E-state index in [2.05, 4.69) is 17.2 Å². The fraction of sp³-hybridized carbons (Fsp3) is 0.636. The Labute approximate surface area is 98.7 Å². The van der Waals surface area contributed by atoms with Gasteiger partial charge in [0.2, 0.25) is 0 Å². The first-order valence-electron chi connectivity index (χ1n) is 5.59. The van der Waals surface area contributed by atoms with Crippen LogP contribution in [0.4, 0.5) is 5.13 Å². The summed E-state index contributed by atoms with van der Waals surface area (Å²) in [6, 6.07) is 0.507. The lowest BCUT2D eigenvalue weighted by molar-refractivity contribution is 0.0690. The predicted molar refractivity (Wildman–Crippen MR) is 64.2 cm³/mol. The van der Waals surface area contributed by atoms with Crippen LogP contribution in [0.2, 0.25) is 0 Å². The van der Waals surface area contributed by atoms with Crippen molar-refractivity contribution >= 4 is 22.4 Å². The number of aromatic carboxylic acids is 1. The minimum absolute atomic E-state index is 0.181. The molecule has 1 fully saturated rings. The first-order valence-corrected chi connectivity index (χ1v) is 6.40. The third kappa shape index (κ3) is 2.35. The molecule has 1 aromatic heterocycles. The Balaban J connectivity index is 1.96. The average Bonchev–Trinajstić information content (AvgIpc) is 2.80. The zero-order valence-corrected chi connectivity index (χ0v) is 10.3. The first kappa shape index (κ1) is 11.4. The Morgan fingerprint density at radius 2 is 2.44 bits per heavy atom. The Kier molecular flexibility index (Phi) is 3.14. The van der Waals surface area contributed by atoms with Crippen molar-refractivity contribution in [2.24, 2.45) is 5.92 Å². The summed E-state index contributed by atoms with van der Waals surface area (Å²) in [6.45, 7) is 3.98. The fourth-order valence-electron chi connectivity index (χ4n) is 1.93. The quantitative estimate of drug-likeness (QED) is 0.830. The van der Waals surface area contributed by atoms with Gasteiger partial charge in [0.1, 0.15) is 0 Å². The minimum atomic E-state index is -0.942. The molecule has 16 heavy (non-hydrogen) atoms. The molecule has 2 N–H and O–H groups in total. The molecule has 1 saturated carbocycles. The van der Waals surface area contributed by atoms with Crippen LogP contribution in [0.25, 0.3) is 0 Å². The first-order chi connectivity index (χ1) is 7.61. The number of hydrogen-bond donors (Lipinski definition) is 2. The summed E-state index contributed by atoms with van der Waals surface area (Å²) in [7, 11) is 0. The van der Waals surface area contributed by atoms with Crippen LogP contribution < -0.4 is 5.32 Å². The summed E-state index contributed by atoms with van der Waals surface area (Å²) in [6.07, 6.45) is 3.64. The molecule has 0 aromatic carbocycles. The highest BCUT2D eigenvalue weighted by molar-refractivity contribution is 7.15. The van der Waals surface area contributed by atoms with Crippen LogP contribution in [0.5, 0.6) is 0 Å². The number of rotatable bonds is 5. The smallest absolute Gasteiger partial charge is 0.355 e. The molecule has 0 radical (unpaired) electrons. The van der Waals surface area contributed by atoms with E-state index in [-0.39, 0.29) is 5.69 Å². The van der Waals surface area contributed by atoms with E-state index in [1.807, 2.05) is 0 Å². The molecule has 0 spiro atoms. The third-order valence-corrected chi connectivity index (χ3v) is 3.79. The van der Waals surface area contributed by atoms with Crippen LogP contribution in [0.15, 0.2) is 0 Å². The molecule has 0 aliphatic heterocycles. The van der Waals surface area contributed by atoms with Gasteiger partial charge in [-0.05, 0) is 25.7 Å². The molecule has 88 valence electrons.